The molecular weight excluding hydrogens is 311 g/mol. The molecule has 0 aliphatic carbocycles. The molecule has 0 atom stereocenters. The van der Waals surface area contributed by atoms with E-state index in [1.807, 2.05) is 30.3 Å². The van der Waals surface area contributed by atoms with E-state index in [0.29, 0.717) is 19.0 Å². The van der Waals surface area contributed by atoms with Gasteiger partial charge in [-0.25, -0.2) is 0 Å². The summed E-state index contributed by atoms with van der Waals surface area (Å²) < 4.78 is 40.9. The van der Waals surface area contributed by atoms with Crippen LogP contribution in [-0.2, 0) is 12.7 Å². The third kappa shape index (κ3) is 3.83. The molecule has 0 bridgehead atoms. The summed E-state index contributed by atoms with van der Waals surface area (Å²) in [4.78, 5) is 5.24. The van der Waals surface area contributed by atoms with Gasteiger partial charge in [0, 0.05) is 30.5 Å². The Bertz CT molecular complexity index is 544. The molecule has 2 aromatic rings. The van der Waals surface area contributed by atoms with E-state index in [4.69, 9.17) is 11.6 Å². The molecule has 0 saturated heterocycles. The summed E-state index contributed by atoms with van der Waals surface area (Å²) >= 11 is 6.43. The highest BCUT2D eigenvalue weighted by molar-refractivity contribution is 7.09. The fraction of sp³-hybridized carbons (Fsp3) is 0.333. The van der Waals surface area contributed by atoms with E-state index < -0.39 is 12.0 Å². The Kier molecular flexibility index (Phi) is 4.82. The van der Waals surface area contributed by atoms with Gasteiger partial charge in [-0.05, 0) is 5.56 Å². The minimum atomic E-state index is -4.52. The van der Waals surface area contributed by atoms with Crippen molar-refractivity contribution >= 4 is 28.3 Å². The third-order valence-electron chi connectivity index (χ3n) is 2.51. The Balaban J connectivity index is 2.18. The molecular formula is C12H11ClF3N3S. The number of hydrogen-bond donors (Lipinski definition) is 0. The van der Waals surface area contributed by atoms with Crippen molar-refractivity contribution in [3.05, 3.63) is 41.7 Å². The molecule has 1 aromatic heterocycles. The Hall–Kier alpha value is -1.34. The summed E-state index contributed by atoms with van der Waals surface area (Å²) in [7, 11) is 0. The molecule has 3 nitrogen and oxygen atoms in total. The van der Waals surface area contributed by atoms with Crippen molar-refractivity contribution in [2.45, 2.75) is 12.7 Å². The fourth-order valence-corrected chi connectivity index (χ4v) is 2.52. The van der Waals surface area contributed by atoms with E-state index >= 15 is 0 Å². The smallest absolute Gasteiger partial charge is 0.341 e. The standard InChI is InChI=1S/C12H11ClF3N3S/c13-6-7-19(8-9-4-2-1-3-5-9)11-17-10(18-20-11)12(14,15)16/h1-5H,6-8H2. The fourth-order valence-electron chi connectivity index (χ4n) is 1.61. The highest BCUT2D eigenvalue weighted by atomic mass is 35.5. The summed E-state index contributed by atoms with van der Waals surface area (Å²) in [6.07, 6.45) is -4.52. The van der Waals surface area contributed by atoms with Crippen LogP contribution in [0.3, 0.4) is 0 Å². The number of anilines is 1. The lowest BCUT2D eigenvalue weighted by Crippen LogP contribution is -2.25. The number of hydrogen-bond acceptors (Lipinski definition) is 4. The first-order valence-electron chi connectivity index (χ1n) is 5.76. The van der Waals surface area contributed by atoms with Gasteiger partial charge in [0.2, 0.25) is 11.0 Å². The van der Waals surface area contributed by atoms with Crippen molar-refractivity contribution in [2.24, 2.45) is 0 Å². The molecule has 1 heterocycles. The monoisotopic (exact) mass is 321 g/mol. The molecule has 8 heteroatoms. The number of rotatable bonds is 5. The largest absolute Gasteiger partial charge is 0.452 e. The molecule has 108 valence electrons. The molecule has 0 aliphatic rings. The Morgan fingerprint density at radius 3 is 2.45 bits per heavy atom. The summed E-state index contributed by atoms with van der Waals surface area (Å²) in [5, 5.41) is 0.224. The summed E-state index contributed by atoms with van der Waals surface area (Å²) in [5.74, 6) is -0.807. The average molecular weight is 322 g/mol. The Morgan fingerprint density at radius 1 is 1.20 bits per heavy atom. The first kappa shape index (κ1) is 15.1. The molecule has 20 heavy (non-hydrogen) atoms. The zero-order chi connectivity index (χ0) is 14.6. The van der Waals surface area contributed by atoms with Crippen LogP contribution in [-0.4, -0.2) is 21.8 Å². The molecule has 0 fully saturated rings. The van der Waals surface area contributed by atoms with Crippen molar-refractivity contribution in [3.63, 3.8) is 0 Å². The minimum Gasteiger partial charge on any atom is -0.341 e. The van der Waals surface area contributed by atoms with E-state index in [0.717, 1.165) is 17.1 Å². The lowest BCUT2D eigenvalue weighted by Gasteiger charge is -2.20. The summed E-state index contributed by atoms with van der Waals surface area (Å²) in [5.41, 5.74) is 0.973. The molecule has 0 N–H and O–H groups in total. The summed E-state index contributed by atoms with van der Waals surface area (Å²) in [6, 6.07) is 9.41. The van der Waals surface area contributed by atoms with Crippen LogP contribution < -0.4 is 4.90 Å². The Morgan fingerprint density at radius 2 is 1.90 bits per heavy atom. The molecule has 0 amide bonds. The zero-order valence-corrected chi connectivity index (χ0v) is 11.8. The van der Waals surface area contributed by atoms with Crippen LogP contribution in [0.2, 0.25) is 0 Å². The number of aromatic nitrogens is 2. The first-order valence-corrected chi connectivity index (χ1v) is 7.07. The predicted octanol–water partition coefficient (Wildman–Crippen LogP) is 3.80. The molecule has 0 radical (unpaired) electrons. The van der Waals surface area contributed by atoms with Crippen LogP contribution in [0.25, 0.3) is 0 Å². The second kappa shape index (κ2) is 6.41. The second-order valence-corrected chi connectivity index (χ2v) is 5.10. The van der Waals surface area contributed by atoms with Gasteiger partial charge in [-0.3, -0.25) is 0 Å². The van der Waals surface area contributed by atoms with E-state index in [1.165, 1.54) is 0 Å². The van der Waals surface area contributed by atoms with Crippen LogP contribution in [0, 0.1) is 0 Å². The van der Waals surface area contributed by atoms with Gasteiger partial charge < -0.3 is 4.90 Å². The van der Waals surface area contributed by atoms with Gasteiger partial charge in [0.1, 0.15) is 0 Å². The van der Waals surface area contributed by atoms with Crippen molar-refractivity contribution < 1.29 is 13.2 Å². The maximum Gasteiger partial charge on any atom is 0.452 e. The topological polar surface area (TPSA) is 29.0 Å². The number of benzene rings is 1. The molecule has 2 rings (SSSR count). The SMILES string of the molecule is FC(F)(F)c1nsc(N(CCCl)Cc2ccccc2)n1. The molecule has 0 aliphatic heterocycles. The maximum absolute atomic E-state index is 12.5. The number of nitrogens with zero attached hydrogens (tertiary/aromatic N) is 3. The maximum atomic E-state index is 12.5. The second-order valence-electron chi connectivity index (χ2n) is 3.99. The highest BCUT2D eigenvalue weighted by Gasteiger charge is 2.36. The van der Waals surface area contributed by atoms with E-state index in [1.54, 1.807) is 4.90 Å². The number of alkyl halides is 4. The van der Waals surface area contributed by atoms with Crippen LogP contribution in [0.15, 0.2) is 30.3 Å². The van der Waals surface area contributed by atoms with Crippen molar-refractivity contribution in [1.29, 1.82) is 0 Å². The molecule has 1 aromatic carbocycles. The van der Waals surface area contributed by atoms with Crippen LogP contribution in [0.1, 0.15) is 11.4 Å². The van der Waals surface area contributed by atoms with E-state index in [2.05, 4.69) is 9.36 Å². The highest BCUT2D eigenvalue weighted by Crippen LogP contribution is 2.30. The van der Waals surface area contributed by atoms with Gasteiger partial charge in [0.05, 0.1) is 0 Å². The van der Waals surface area contributed by atoms with Gasteiger partial charge in [-0.2, -0.15) is 22.5 Å². The third-order valence-corrected chi connectivity index (χ3v) is 3.46. The van der Waals surface area contributed by atoms with Crippen molar-refractivity contribution in [3.8, 4) is 0 Å². The Labute approximate surface area is 123 Å². The zero-order valence-electron chi connectivity index (χ0n) is 10.3. The van der Waals surface area contributed by atoms with Gasteiger partial charge in [0.25, 0.3) is 0 Å². The molecule has 0 spiro atoms. The quantitative estimate of drug-likeness (QED) is 0.784. The van der Waals surface area contributed by atoms with Crippen molar-refractivity contribution in [1.82, 2.24) is 9.36 Å². The number of halogens is 4. The normalized spacial score (nSPS) is 11.6. The summed E-state index contributed by atoms with van der Waals surface area (Å²) in [6.45, 7) is 0.850. The molecule has 0 saturated carbocycles. The average Bonchev–Trinajstić information content (AvgIpc) is 2.89. The first-order chi connectivity index (χ1) is 9.50. The molecule has 0 unspecified atom stereocenters. The van der Waals surface area contributed by atoms with Crippen LogP contribution in [0.5, 0.6) is 0 Å². The predicted molar refractivity (Wildman–Crippen MR) is 73.1 cm³/mol. The van der Waals surface area contributed by atoms with Crippen LogP contribution in [0.4, 0.5) is 18.3 Å². The lowest BCUT2D eigenvalue weighted by atomic mass is 10.2. The minimum absolute atomic E-state index is 0.224. The van der Waals surface area contributed by atoms with Gasteiger partial charge in [0.15, 0.2) is 0 Å². The van der Waals surface area contributed by atoms with Crippen LogP contribution >= 0.6 is 23.1 Å². The van der Waals surface area contributed by atoms with Crippen molar-refractivity contribution in [2.75, 3.05) is 17.3 Å². The van der Waals surface area contributed by atoms with Gasteiger partial charge in [-0.15, -0.1) is 11.6 Å². The van der Waals surface area contributed by atoms with E-state index in [-0.39, 0.29) is 5.13 Å². The van der Waals surface area contributed by atoms with Gasteiger partial charge in [-0.1, -0.05) is 30.3 Å². The van der Waals surface area contributed by atoms with E-state index in [9.17, 15) is 13.2 Å². The van der Waals surface area contributed by atoms with Gasteiger partial charge >= 0.3 is 6.18 Å². The lowest BCUT2D eigenvalue weighted by molar-refractivity contribution is -0.144.